The van der Waals surface area contributed by atoms with Gasteiger partial charge in [-0.2, -0.15) is 11.8 Å². The van der Waals surface area contributed by atoms with Gasteiger partial charge in [0.2, 0.25) is 5.91 Å². The van der Waals surface area contributed by atoms with Crippen LogP contribution >= 0.6 is 11.8 Å². The molecule has 0 bridgehead atoms. The number of nitrogens with one attached hydrogen (secondary N) is 1. The van der Waals surface area contributed by atoms with Crippen molar-refractivity contribution in [3.63, 3.8) is 0 Å². The highest BCUT2D eigenvalue weighted by molar-refractivity contribution is 7.98. The van der Waals surface area contributed by atoms with Crippen molar-refractivity contribution < 1.29 is 9.90 Å². The van der Waals surface area contributed by atoms with Crippen molar-refractivity contribution in [2.45, 2.75) is 19.4 Å². The highest BCUT2D eigenvalue weighted by atomic mass is 32.2. The van der Waals surface area contributed by atoms with Gasteiger partial charge in [-0.15, -0.1) is 0 Å². The van der Waals surface area contributed by atoms with Gasteiger partial charge in [0, 0.05) is 24.8 Å². The molecule has 5 heteroatoms. The van der Waals surface area contributed by atoms with Gasteiger partial charge >= 0.3 is 0 Å². The number of hydrogen-bond acceptors (Lipinski definition) is 4. The van der Waals surface area contributed by atoms with Crippen molar-refractivity contribution >= 4 is 17.7 Å². The third-order valence-corrected chi connectivity index (χ3v) is 2.81. The smallest absolute Gasteiger partial charge is 0.221 e. The van der Waals surface area contributed by atoms with Crippen molar-refractivity contribution in [3.8, 4) is 0 Å². The number of rotatable bonds is 7. The highest BCUT2D eigenvalue weighted by Crippen LogP contribution is 2.08. The maximum atomic E-state index is 10.7. The highest BCUT2D eigenvalue weighted by Gasteiger charge is 2.19. The molecule has 0 fully saturated rings. The zero-order valence-electron chi connectivity index (χ0n) is 9.04. The van der Waals surface area contributed by atoms with E-state index in [1.165, 1.54) is 0 Å². The van der Waals surface area contributed by atoms with Gasteiger partial charge in [-0.1, -0.05) is 6.92 Å². The second-order valence-electron chi connectivity index (χ2n) is 3.86. The topological polar surface area (TPSA) is 75.3 Å². The molecule has 0 radical (unpaired) electrons. The van der Waals surface area contributed by atoms with Crippen LogP contribution in [0, 0.1) is 5.92 Å². The van der Waals surface area contributed by atoms with Crippen LogP contribution in [0.5, 0.6) is 0 Å². The van der Waals surface area contributed by atoms with E-state index in [0.29, 0.717) is 18.8 Å². The minimum Gasteiger partial charge on any atom is -0.388 e. The van der Waals surface area contributed by atoms with Crippen LogP contribution in [-0.2, 0) is 4.79 Å². The molecule has 0 heterocycles. The van der Waals surface area contributed by atoms with Gasteiger partial charge < -0.3 is 16.2 Å². The first-order valence-electron chi connectivity index (χ1n) is 4.60. The molecule has 0 saturated heterocycles. The monoisotopic (exact) mass is 220 g/mol. The molecule has 0 aromatic rings. The van der Waals surface area contributed by atoms with Crippen molar-refractivity contribution in [1.29, 1.82) is 0 Å². The average Bonchev–Trinajstić information content (AvgIpc) is 2.03. The molecule has 0 aromatic heterocycles. The molecule has 0 aliphatic rings. The Hall–Kier alpha value is -0.260. The van der Waals surface area contributed by atoms with Crippen LogP contribution in [0.4, 0.5) is 0 Å². The van der Waals surface area contributed by atoms with Gasteiger partial charge in [-0.3, -0.25) is 4.79 Å². The summed E-state index contributed by atoms with van der Waals surface area (Å²) in [6.45, 7) is 4.52. The van der Waals surface area contributed by atoms with E-state index < -0.39 is 5.60 Å². The first-order chi connectivity index (χ1) is 6.39. The largest absolute Gasteiger partial charge is 0.388 e. The van der Waals surface area contributed by atoms with E-state index in [4.69, 9.17) is 5.73 Å². The maximum Gasteiger partial charge on any atom is 0.221 e. The van der Waals surface area contributed by atoms with Gasteiger partial charge in [0.15, 0.2) is 0 Å². The number of carbonyl (C=O) groups is 1. The fourth-order valence-corrected chi connectivity index (χ4v) is 1.74. The molecular formula is C9H20N2O2S. The Morgan fingerprint density at radius 2 is 2.29 bits per heavy atom. The predicted molar refractivity (Wildman–Crippen MR) is 60.2 cm³/mol. The number of carbonyl (C=O) groups excluding carboxylic acids is 1. The van der Waals surface area contributed by atoms with Crippen molar-refractivity contribution in [2.75, 3.05) is 25.1 Å². The first-order valence-corrected chi connectivity index (χ1v) is 6.00. The number of aliphatic hydroxyl groups is 1. The van der Waals surface area contributed by atoms with Gasteiger partial charge in [0.25, 0.3) is 0 Å². The maximum absolute atomic E-state index is 10.7. The van der Waals surface area contributed by atoms with Crippen LogP contribution in [0.3, 0.4) is 0 Å². The van der Waals surface area contributed by atoms with E-state index in [1.54, 1.807) is 25.6 Å². The summed E-state index contributed by atoms with van der Waals surface area (Å²) in [5.41, 5.74) is 4.37. The third-order valence-electron chi connectivity index (χ3n) is 1.90. The van der Waals surface area contributed by atoms with E-state index in [-0.39, 0.29) is 11.8 Å². The molecule has 1 amide bonds. The number of amides is 1. The molecule has 4 N–H and O–H groups in total. The molecule has 0 aliphatic carbocycles. The lowest BCUT2D eigenvalue weighted by atomic mass is 10.1. The molecule has 4 nitrogen and oxygen atoms in total. The Bertz CT molecular complexity index is 186. The van der Waals surface area contributed by atoms with Gasteiger partial charge in [-0.25, -0.2) is 0 Å². The molecule has 2 atom stereocenters. The number of hydrogen-bond donors (Lipinski definition) is 3. The summed E-state index contributed by atoms with van der Waals surface area (Å²) in [4.78, 5) is 10.7. The van der Waals surface area contributed by atoms with Gasteiger partial charge in [0.05, 0.1) is 5.60 Å². The molecule has 14 heavy (non-hydrogen) atoms. The van der Waals surface area contributed by atoms with Gasteiger partial charge in [-0.05, 0) is 13.2 Å². The number of primary amides is 1. The van der Waals surface area contributed by atoms with Crippen LogP contribution in [0.1, 0.15) is 13.8 Å². The molecule has 0 spiro atoms. The summed E-state index contributed by atoms with van der Waals surface area (Å²) in [5, 5.41) is 12.8. The molecule has 0 aliphatic heterocycles. The molecular weight excluding hydrogens is 200 g/mol. The Morgan fingerprint density at radius 1 is 1.71 bits per heavy atom. The standard InChI is InChI=1S/C9H20N2O2S/c1-7(8(10)12)4-11-5-9(2,13)6-14-3/h7,11,13H,4-6H2,1-3H3,(H2,10,12). The van der Waals surface area contributed by atoms with Gasteiger partial charge in [0.1, 0.15) is 0 Å². The Kier molecular flexibility index (Phi) is 6.15. The lowest BCUT2D eigenvalue weighted by Crippen LogP contribution is -2.42. The summed E-state index contributed by atoms with van der Waals surface area (Å²) in [6.07, 6.45) is 1.94. The average molecular weight is 220 g/mol. The summed E-state index contributed by atoms with van der Waals surface area (Å²) in [5.74, 6) is 0.160. The van der Waals surface area contributed by atoms with E-state index in [2.05, 4.69) is 5.32 Å². The van der Waals surface area contributed by atoms with E-state index in [9.17, 15) is 9.90 Å². The fraction of sp³-hybridized carbons (Fsp3) is 0.889. The Morgan fingerprint density at radius 3 is 2.71 bits per heavy atom. The van der Waals surface area contributed by atoms with Crippen LogP contribution < -0.4 is 11.1 Å². The lowest BCUT2D eigenvalue weighted by Gasteiger charge is -2.23. The Labute approximate surface area is 89.6 Å². The summed E-state index contributed by atoms with van der Waals surface area (Å²) < 4.78 is 0. The minimum absolute atomic E-state index is 0.194. The van der Waals surface area contributed by atoms with Crippen LogP contribution in [0.15, 0.2) is 0 Å². The summed E-state index contributed by atoms with van der Waals surface area (Å²) in [7, 11) is 0. The fourth-order valence-electron chi connectivity index (χ4n) is 1.02. The predicted octanol–water partition coefficient (Wildman–Crippen LogP) is -0.189. The third kappa shape index (κ3) is 6.23. The van der Waals surface area contributed by atoms with Crippen LogP contribution in [0.2, 0.25) is 0 Å². The summed E-state index contributed by atoms with van der Waals surface area (Å²) >= 11 is 1.59. The normalized spacial score (nSPS) is 17.4. The SMILES string of the molecule is CSCC(C)(O)CNCC(C)C(N)=O. The number of nitrogens with two attached hydrogens (primary N) is 1. The molecule has 0 saturated carbocycles. The second-order valence-corrected chi connectivity index (χ2v) is 4.73. The molecule has 84 valence electrons. The molecule has 0 aromatic carbocycles. The first kappa shape index (κ1) is 13.7. The second kappa shape index (κ2) is 6.27. The van der Waals surface area contributed by atoms with E-state index in [0.717, 1.165) is 0 Å². The summed E-state index contributed by atoms with van der Waals surface area (Å²) in [6, 6.07) is 0. The Balaban J connectivity index is 3.67. The quantitative estimate of drug-likeness (QED) is 0.556. The lowest BCUT2D eigenvalue weighted by molar-refractivity contribution is -0.121. The minimum atomic E-state index is -0.725. The van der Waals surface area contributed by atoms with Crippen molar-refractivity contribution in [2.24, 2.45) is 11.7 Å². The zero-order valence-corrected chi connectivity index (χ0v) is 9.86. The van der Waals surface area contributed by atoms with E-state index in [1.807, 2.05) is 6.26 Å². The zero-order chi connectivity index (χ0) is 11.2. The van der Waals surface area contributed by atoms with Crippen molar-refractivity contribution in [3.05, 3.63) is 0 Å². The van der Waals surface area contributed by atoms with Crippen molar-refractivity contribution in [1.82, 2.24) is 5.32 Å². The number of thioether (sulfide) groups is 1. The van der Waals surface area contributed by atoms with Crippen LogP contribution in [0.25, 0.3) is 0 Å². The molecule has 2 unspecified atom stereocenters. The van der Waals surface area contributed by atoms with Crippen LogP contribution in [-0.4, -0.2) is 41.7 Å². The van der Waals surface area contributed by atoms with E-state index >= 15 is 0 Å². The molecule has 0 rings (SSSR count).